The van der Waals surface area contributed by atoms with E-state index in [1.54, 1.807) is 28.4 Å². The maximum absolute atomic E-state index is 12.9. The number of anilines is 1. The third-order valence-electron chi connectivity index (χ3n) is 4.42. The average Bonchev–Trinajstić information content (AvgIpc) is 3.34. The van der Waals surface area contributed by atoms with Crippen LogP contribution in [0, 0.1) is 25.7 Å². The Kier molecular flexibility index (Phi) is 6.12. The molecule has 0 aliphatic rings. The van der Waals surface area contributed by atoms with Crippen molar-refractivity contribution in [3.05, 3.63) is 92.3 Å². The number of pyridine rings is 1. The number of aryl methyl sites for hydroxylation is 2. The van der Waals surface area contributed by atoms with Gasteiger partial charge in [0.2, 0.25) is 0 Å². The second-order valence-electron chi connectivity index (χ2n) is 6.80. The van der Waals surface area contributed by atoms with Gasteiger partial charge in [-0.2, -0.15) is 5.10 Å². The van der Waals surface area contributed by atoms with Crippen molar-refractivity contribution in [1.82, 2.24) is 19.7 Å². The first-order valence-corrected chi connectivity index (χ1v) is 10.7. The summed E-state index contributed by atoms with van der Waals surface area (Å²) in [6.45, 7) is 4.22. The first-order valence-electron chi connectivity index (χ1n) is 9.47. The molecule has 1 aromatic carbocycles. The zero-order valence-electron chi connectivity index (χ0n) is 16.9. The molecule has 3 aromatic heterocycles. The predicted molar refractivity (Wildman–Crippen MR) is 123 cm³/mol. The van der Waals surface area contributed by atoms with Crippen LogP contribution in [0.25, 0.3) is 0 Å². The lowest BCUT2D eigenvalue weighted by Crippen LogP contribution is -2.19. The van der Waals surface area contributed by atoms with Gasteiger partial charge in [0.15, 0.2) is 0 Å². The van der Waals surface area contributed by atoms with Crippen LogP contribution in [0.5, 0.6) is 0 Å². The number of nitrogens with one attached hydrogen (secondary N) is 1. The number of carbonyl (C=O) groups excluding carboxylic acids is 1. The highest BCUT2D eigenvalue weighted by Crippen LogP contribution is 2.21. The van der Waals surface area contributed by atoms with Crippen molar-refractivity contribution in [2.24, 2.45) is 0 Å². The zero-order chi connectivity index (χ0) is 21.8. The number of amides is 1. The number of benzene rings is 1. The lowest BCUT2D eigenvalue weighted by atomic mass is 10.1. The van der Waals surface area contributed by atoms with Crippen LogP contribution in [-0.2, 0) is 6.54 Å². The SMILES string of the molecule is Cc1ncc(Cn2ncc(Cl)c2C(=O)Nc2ncc(C#Cc3ccccc3)cc2C)s1. The molecule has 0 saturated carbocycles. The van der Waals surface area contributed by atoms with Crippen molar-refractivity contribution < 1.29 is 4.79 Å². The minimum absolute atomic E-state index is 0.279. The molecule has 3 heterocycles. The summed E-state index contributed by atoms with van der Waals surface area (Å²) in [4.78, 5) is 22.5. The number of thiazole rings is 1. The molecule has 0 spiro atoms. The second-order valence-corrected chi connectivity index (χ2v) is 8.53. The molecular formula is C23H18ClN5OS. The largest absolute Gasteiger partial charge is 0.305 e. The van der Waals surface area contributed by atoms with Gasteiger partial charge in [0, 0.05) is 28.4 Å². The fourth-order valence-corrected chi connectivity index (χ4v) is 3.94. The maximum Gasteiger partial charge on any atom is 0.276 e. The van der Waals surface area contributed by atoms with Crippen LogP contribution in [0.3, 0.4) is 0 Å². The highest BCUT2D eigenvalue weighted by atomic mass is 35.5. The van der Waals surface area contributed by atoms with Gasteiger partial charge < -0.3 is 5.32 Å². The molecule has 0 radical (unpaired) electrons. The van der Waals surface area contributed by atoms with E-state index in [2.05, 4.69) is 32.2 Å². The molecule has 31 heavy (non-hydrogen) atoms. The number of hydrogen-bond donors (Lipinski definition) is 1. The van der Waals surface area contributed by atoms with Gasteiger partial charge in [0.25, 0.3) is 5.91 Å². The summed E-state index contributed by atoms with van der Waals surface area (Å²) in [6.07, 6.45) is 4.88. The Morgan fingerprint density at radius 2 is 1.87 bits per heavy atom. The molecule has 0 saturated heterocycles. The molecule has 6 nitrogen and oxygen atoms in total. The maximum atomic E-state index is 12.9. The Hall–Kier alpha value is -3.47. The molecule has 0 aliphatic heterocycles. The van der Waals surface area contributed by atoms with Crippen LogP contribution in [-0.4, -0.2) is 25.7 Å². The van der Waals surface area contributed by atoms with Gasteiger partial charge in [-0.1, -0.05) is 41.6 Å². The van der Waals surface area contributed by atoms with Crippen LogP contribution >= 0.6 is 22.9 Å². The van der Waals surface area contributed by atoms with Crippen LogP contribution in [0.2, 0.25) is 5.02 Å². The first kappa shape index (κ1) is 20.8. The molecule has 154 valence electrons. The molecule has 0 atom stereocenters. The third-order valence-corrected chi connectivity index (χ3v) is 5.59. The topological polar surface area (TPSA) is 72.7 Å². The van der Waals surface area contributed by atoms with E-state index in [0.717, 1.165) is 26.6 Å². The Bertz CT molecular complexity index is 1300. The minimum atomic E-state index is -0.373. The fourth-order valence-electron chi connectivity index (χ4n) is 2.94. The average molecular weight is 448 g/mol. The van der Waals surface area contributed by atoms with Crippen LogP contribution in [0.1, 0.15) is 37.1 Å². The summed E-state index contributed by atoms with van der Waals surface area (Å²) in [5.74, 6) is 6.27. The van der Waals surface area contributed by atoms with E-state index in [1.165, 1.54) is 6.20 Å². The number of hydrogen-bond acceptors (Lipinski definition) is 5. The molecule has 0 unspecified atom stereocenters. The molecule has 0 fully saturated rings. The molecule has 0 aliphatic carbocycles. The summed E-state index contributed by atoms with van der Waals surface area (Å²) < 4.78 is 1.57. The number of rotatable bonds is 4. The lowest BCUT2D eigenvalue weighted by Gasteiger charge is -2.10. The van der Waals surface area contributed by atoms with Gasteiger partial charge in [-0.05, 0) is 37.6 Å². The van der Waals surface area contributed by atoms with Gasteiger partial charge >= 0.3 is 0 Å². The third kappa shape index (κ3) is 5.00. The highest BCUT2D eigenvalue weighted by Gasteiger charge is 2.19. The number of nitrogens with zero attached hydrogens (tertiary/aromatic N) is 4. The van der Waals surface area contributed by atoms with Gasteiger partial charge in [-0.3, -0.25) is 9.48 Å². The number of carbonyl (C=O) groups is 1. The minimum Gasteiger partial charge on any atom is -0.305 e. The number of aromatic nitrogens is 4. The summed E-state index contributed by atoms with van der Waals surface area (Å²) in [5, 5.41) is 8.30. The molecule has 1 amide bonds. The van der Waals surface area contributed by atoms with E-state index in [9.17, 15) is 4.79 Å². The molecule has 1 N–H and O–H groups in total. The summed E-state index contributed by atoms with van der Waals surface area (Å²) in [7, 11) is 0. The van der Waals surface area contributed by atoms with E-state index in [-0.39, 0.29) is 16.6 Å². The van der Waals surface area contributed by atoms with Gasteiger partial charge in [0.1, 0.15) is 11.5 Å². The normalized spacial score (nSPS) is 10.4. The Morgan fingerprint density at radius 3 is 2.58 bits per heavy atom. The highest BCUT2D eigenvalue weighted by molar-refractivity contribution is 7.11. The van der Waals surface area contributed by atoms with Crippen molar-refractivity contribution in [1.29, 1.82) is 0 Å². The molecule has 0 bridgehead atoms. The van der Waals surface area contributed by atoms with E-state index < -0.39 is 0 Å². The molecule has 4 aromatic rings. The molecular weight excluding hydrogens is 430 g/mol. The fraction of sp³-hybridized carbons (Fsp3) is 0.130. The first-order chi connectivity index (χ1) is 15.0. The van der Waals surface area contributed by atoms with Crippen LogP contribution in [0.4, 0.5) is 5.82 Å². The van der Waals surface area contributed by atoms with Crippen molar-refractivity contribution in [3.63, 3.8) is 0 Å². The Morgan fingerprint density at radius 1 is 1.10 bits per heavy atom. The van der Waals surface area contributed by atoms with E-state index >= 15 is 0 Å². The van der Waals surface area contributed by atoms with Gasteiger partial charge in [0.05, 0.1) is 22.8 Å². The standard InChI is InChI=1S/C23H18ClN5OS/c1-15-10-18(9-8-17-6-4-3-5-7-17)11-26-22(15)28-23(30)21-20(24)13-27-29(21)14-19-12-25-16(2)31-19/h3-7,10-13H,14H2,1-2H3,(H,26,28,30). The summed E-state index contributed by atoms with van der Waals surface area (Å²) in [6, 6.07) is 11.6. The van der Waals surface area contributed by atoms with Crippen molar-refractivity contribution in [2.75, 3.05) is 5.32 Å². The predicted octanol–water partition coefficient (Wildman–Crippen LogP) is 4.71. The quantitative estimate of drug-likeness (QED) is 0.460. The summed E-state index contributed by atoms with van der Waals surface area (Å²) in [5.41, 5.74) is 2.77. The monoisotopic (exact) mass is 447 g/mol. The van der Waals surface area contributed by atoms with Crippen molar-refractivity contribution in [3.8, 4) is 11.8 Å². The van der Waals surface area contributed by atoms with E-state index in [4.69, 9.17) is 11.6 Å². The van der Waals surface area contributed by atoms with Gasteiger partial charge in [-0.25, -0.2) is 9.97 Å². The number of halogens is 1. The molecule has 4 rings (SSSR count). The Labute approximate surface area is 188 Å². The van der Waals surface area contributed by atoms with Crippen LogP contribution < -0.4 is 5.32 Å². The molecule has 8 heteroatoms. The smallest absolute Gasteiger partial charge is 0.276 e. The van der Waals surface area contributed by atoms with Crippen LogP contribution in [0.15, 0.2) is 55.0 Å². The second kappa shape index (κ2) is 9.13. The zero-order valence-corrected chi connectivity index (χ0v) is 18.5. The summed E-state index contributed by atoms with van der Waals surface area (Å²) >= 11 is 7.80. The van der Waals surface area contributed by atoms with E-state index in [1.807, 2.05) is 50.2 Å². The lowest BCUT2D eigenvalue weighted by molar-refractivity contribution is 0.101. The van der Waals surface area contributed by atoms with Gasteiger partial charge in [-0.15, -0.1) is 11.3 Å². The van der Waals surface area contributed by atoms with Crippen molar-refractivity contribution >= 4 is 34.7 Å². The van der Waals surface area contributed by atoms with E-state index in [0.29, 0.717) is 12.4 Å². The Balaban J connectivity index is 1.52. The van der Waals surface area contributed by atoms with Crippen molar-refractivity contribution in [2.45, 2.75) is 20.4 Å².